The van der Waals surface area contributed by atoms with Crippen LogP contribution in [0, 0.1) is 0 Å². The zero-order valence-corrected chi connectivity index (χ0v) is 11.5. The van der Waals surface area contributed by atoms with Crippen molar-refractivity contribution in [1.82, 2.24) is 15.3 Å². The SMILES string of the molecule is CCCNC(C)(CCSc1cnccn1)C(=O)O. The molecule has 6 heteroatoms. The number of carbonyl (C=O) groups is 1. The summed E-state index contributed by atoms with van der Waals surface area (Å²) in [6.45, 7) is 4.45. The molecule has 0 amide bonds. The van der Waals surface area contributed by atoms with Gasteiger partial charge >= 0.3 is 5.97 Å². The molecule has 0 saturated heterocycles. The summed E-state index contributed by atoms with van der Waals surface area (Å²) in [4.78, 5) is 19.4. The summed E-state index contributed by atoms with van der Waals surface area (Å²) in [6.07, 6.45) is 6.40. The Labute approximate surface area is 111 Å². The Kier molecular flexibility index (Phi) is 6.07. The molecule has 18 heavy (non-hydrogen) atoms. The molecular formula is C12H19N3O2S. The molecular weight excluding hydrogens is 250 g/mol. The fraction of sp³-hybridized carbons (Fsp3) is 0.583. The molecule has 0 spiro atoms. The minimum atomic E-state index is -0.870. The van der Waals surface area contributed by atoms with E-state index >= 15 is 0 Å². The lowest BCUT2D eigenvalue weighted by molar-refractivity contribution is -0.144. The van der Waals surface area contributed by atoms with Crippen LogP contribution in [0.2, 0.25) is 0 Å². The van der Waals surface area contributed by atoms with Gasteiger partial charge in [-0.3, -0.25) is 9.78 Å². The smallest absolute Gasteiger partial charge is 0.323 e. The zero-order valence-electron chi connectivity index (χ0n) is 10.7. The Morgan fingerprint density at radius 3 is 2.89 bits per heavy atom. The number of hydrogen-bond donors (Lipinski definition) is 2. The molecule has 1 aromatic rings. The fourth-order valence-corrected chi connectivity index (χ4v) is 2.38. The lowest BCUT2D eigenvalue weighted by atomic mass is 9.99. The summed E-state index contributed by atoms with van der Waals surface area (Å²) in [5.74, 6) is -0.117. The van der Waals surface area contributed by atoms with Crippen LogP contribution in [0.25, 0.3) is 0 Å². The Morgan fingerprint density at radius 1 is 1.56 bits per heavy atom. The minimum absolute atomic E-state index is 0.545. The molecule has 0 saturated carbocycles. The van der Waals surface area contributed by atoms with E-state index in [4.69, 9.17) is 0 Å². The second-order valence-corrected chi connectivity index (χ2v) is 5.32. The van der Waals surface area contributed by atoms with Crippen molar-refractivity contribution in [2.45, 2.75) is 37.3 Å². The predicted molar refractivity (Wildman–Crippen MR) is 71.7 cm³/mol. The number of carboxylic acids is 1. The van der Waals surface area contributed by atoms with Gasteiger partial charge in [0.25, 0.3) is 0 Å². The van der Waals surface area contributed by atoms with Crippen LogP contribution in [0.15, 0.2) is 23.6 Å². The Morgan fingerprint density at radius 2 is 2.33 bits per heavy atom. The van der Waals surface area contributed by atoms with Crippen molar-refractivity contribution in [2.24, 2.45) is 0 Å². The van der Waals surface area contributed by atoms with Crippen LogP contribution in [-0.2, 0) is 4.79 Å². The Bertz CT molecular complexity index is 375. The van der Waals surface area contributed by atoms with E-state index < -0.39 is 11.5 Å². The molecule has 0 aliphatic heterocycles. The lowest BCUT2D eigenvalue weighted by Gasteiger charge is -2.25. The van der Waals surface area contributed by atoms with Gasteiger partial charge < -0.3 is 10.4 Å². The van der Waals surface area contributed by atoms with Gasteiger partial charge in [-0.15, -0.1) is 11.8 Å². The Balaban J connectivity index is 2.45. The van der Waals surface area contributed by atoms with E-state index in [2.05, 4.69) is 15.3 Å². The maximum absolute atomic E-state index is 11.3. The number of thioether (sulfide) groups is 1. The summed E-state index contributed by atoms with van der Waals surface area (Å²) in [6, 6.07) is 0. The highest BCUT2D eigenvalue weighted by atomic mass is 32.2. The van der Waals surface area contributed by atoms with Crippen LogP contribution < -0.4 is 5.32 Å². The van der Waals surface area contributed by atoms with Crippen molar-refractivity contribution in [3.05, 3.63) is 18.6 Å². The van der Waals surface area contributed by atoms with E-state index in [1.165, 1.54) is 11.8 Å². The maximum Gasteiger partial charge on any atom is 0.323 e. The quantitative estimate of drug-likeness (QED) is 0.701. The zero-order chi connectivity index (χ0) is 13.4. The lowest BCUT2D eigenvalue weighted by Crippen LogP contribution is -2.50. The van der Waals surface area contributed by atoms with E-state index in [0.717, 1.165) is 11.4 Å². The van der Waals surface area contributed by atoms with E-state index in [-0.39, 0.29) is 0 Å². The number of aromatic nitrogens is 2. The molecule has 1 unspecified atom stereocenters. The van der Waals surface area contributed by atoms with Crippen molar-refractivity contribution in [3.63, 3.8) is 0 Å². The number of aliphatic carboxylic acids is 1. The molecule has 2 N–H and O–H groups in total. The second kappa shape index (κ2) is 7.33. The topological polar surface area (TPSA) is 75.1 Å². The summed E-state index contributed by atoms with van der Waals surface area (Å²) in [5.41, 5.74) is -0.870. The van der Waals surface area contributed by atoms with Crippen LogP contribution in [0.3, 0.4) is 0 Å². The third-order valence-corrected chi connectivity index (χ3v) is 3.54. The van der Waals surface area contributed by atoms with E-state index in [1.807, 2.05) is 6.92 Å². The standard InChI is InChI=1S/C12H19N3O2S/c1-3-5-15-12(2,11(16)17)4-8-18-10-9-13-6-7-14-10/h6-7,9,15H,3-5,8H2,1-2H3,(H,16,17). The van der Waals surface area contributed by atoms with Gasteiger partial charge in [0.15, 0.2) is 0 Å². The number of rotatable bonds is 8. The molecule has 1 heterocycles. The summed E-state index contributed by atoms with van der Waals surface area (Å²) in [5, 5.41) is 13.2. The van der Waals surface area contributed by atoms with E-state index in [0.29, 0.717) is 18.7 Å². The largest absolute Gasteiger partial charge is 0.480 e. The van der Waals surface area contributed by atoms with Gasteiger partial charge in [-0.05, 0) is 26.3 Å². The van der Waals surface area contributed by atoms with Gasteiger partial charge in [0.2, 0.25) is 0 Å². The first-order valence-electron chi connectivity index (χ1n) is 5.95. The summed E-state index contributed by atoms with van der Waals surface area (Å²) in [7, 11) is 0. The maximum atomic E-state index is 11.3. The molecule has 0 aliphatic rings. The monoisotopic (exact) mass is 269 g/mol. The average molecular weight is 269 g/mol. The first-order chi connectivity index (χ1) is 8.58. The fourth-order valence-electron chi connectivity index (χ4n) is 1.39. The number of nitrogens with zero attached hydrogens (tertiary/aromatic N) is 2. The third kappa shape index (κ3) is 4.62. The molecule has 100 valence electrons. The van der Waals surface area contributed by atoms with Crippen molar-refractivity contribution < 1.29 is 9.90 Å². The second-order valence-electron chi connectivity index (χ2n) is 4.21. The molecule has 0 aliphatic carbocycles. The van der Waals surface area contributed by atoms with Crippen LogP contribution >= 0.6 is 11.8 Å². The number of hydrogen-bond acceptors (Lipinski definition) is 5. The van der Waals surface area contributed by atoms with Crippen molar-refractivity contribution >= 4 is 17.7 Å². The normalized spacial score (nSPS) is 14.1. The van der Waals surface area contributed by atoms with Gasteiger partial charge in [-0.25, -0.2) is 4.98 Å². The molecule has 0 radical (unpaired) electrons. The van der Waals surface area contributed by atoms with Crippen molar-refractivity contribution in [1.29, 1.82) is 0 Å². The molecule has 1 aromatic heterocycles. The molecule has 0 fully saturated rings. The highest BCUT2D eigenvalue weighted by Gasteiger charge is 2.31. The van der Waals surface area contributed by atoms with Crippen molar-refractivity contribution in [2.75, 3.05) is 12.3 Å². The van der Waals surface area contributed by atoms with Gasteiger partial charge in [0, 0.05) is 18.1 Å². The van der Waals surface area contributed by atoms with Gasteiger partial charge in [-0.1, -0.05) is 6.92 Å². The first kappa shape index (κ1) is 14.9. The highest BCUT2D eigenvalue weighted by Crippen LogP contribution is 2.19. The minimum Gasteiger partial charge on any atom is -0.480 e. The Hall–Kier alpha value is -1.14. The third-order valence-electron chi connectivity index (χ3n) is 2.63. The average Bonchev–Trinajstić information content (AvgIpc) is 2.37. The van der Waals surface area contributed by atoms with Gasteiger partial charge in [-0.2, -0.15) is 0 Å². The van der Waals surface area contributed by atoms with E-state index in [1.54, 1.807) is 25.5 Å². The first-order valence-corrected chi connectivity index (χ1v) is 6.94. The number of nitrogens with one attached hydrogen (secondary N) is 1. The summed E-state index contributed by atoms with van der Waals surface area (Å²) < 4.78 is 0. The molecule has 0 bridgehead atoms. The van der Waals surface area contributed by atoms with Crippen molar-refractivity contribution in [3.8, 4) is 0 Å². The van der Waals surface area contributed by atoms with Crippen LogP contribution in [0.4, 0.5) is 0 Å². The highest BCUT2D eigenvalue weighted by molar-refractivity contribution is 7.99. The predicted octanol–water partition coefficient (Wildman–Crippen LogP) is 1.80. The van der Waals surface area contributed by atoms with Crippen LogP contribution in [-0.4, -0.2) is 38.9 Å². The van der Waals surface area contributed by atoms with Crippen LogP contribution in [0.5, 0.6) is 0 Å². The van der Waals surface area contributed by atoms with E-state index in [9.17, 15) is 9.90 Å². The van der Waals surface area contributed by atoms with Gasteiger partial charge in [0.05, 0.1) is 6.20 Å². The summed E-state index contributed by atoms with van der Waals surface area (Å²) >= 11 is 1.52. The number of carboxylic acid groups (broad SMARTS) is 1. The molecule has 0 aromatic carbocycles. The molecule has 1 atom stereocenters. The van der Waals surface area contributed by atoms with Crippen LogP contribution in [0.1, 0.15) is 26.7 Å². The molecule has 5 nitrogen and oxygen atoms in total. The van der Waals surface area contributed by atoms with Gasteiger partial charge in [0.1, 0.15) is 10.6 Å². The molecule has 1 rings (SSSR count).